The molecule has 1 fully saturated rings. The van der Waals surface area contributed by atoms with E-state index < -0.39 is 11.7 Å². The van der Waals surface area contributed by atoms with Crippen LogP contribution < -0.4 is 5.32 Å². The largest absolute Gasteiger partial charge is 0.417 e. The standard InChI is InChI=1S/C15H17F3N6O.2ClH/c1-9-10(2)23(6-5-19-9)14(25)12-8-24(22-21-12)13-4-3-11(7-20-13)15(16,17)18;;/h3-4,7-10,19H,5-6H2,1-2H3;2*1H. The number of aromatic nitrogens is 4. The zero-order valence-corrected chi connectivity index (χ0v) is 16.1. The van der Waals surface area contributed by atoms with Gasteiger partial charge in [-0.3, -0.25) is 4.79 Å². The van der Waals surface area contributed by atoms with Gasteiger partial charge in [0.1, 0.15) is 0 Å². The van der Waals surface area contributed by atoms with E-state index in [2.05, 4.69) is 20.6 Å². The van der Waals surface area contributed by atoms with E-state index in [4.69, 9.17) is 0 Å². The molecule has 2 aromatic rings. The van der Waals surface area contributed by atoms with Crippen molar-refractivity contribution in [2.45, 2.75) is 32.1 Å². The molecule has 0 spiro atoms. The Morgan fingerprint density at radius 1 is 1.26 bits per heavy atom. The fourth-order valence-electron chi connectivity index (χ4n) is 2.65. The molecule has 2 unspecified atom stereocenters. The van der Waals surface area contributed by atoms with E-state index in [1.807, 2.05) is 13.8 Å². The van der Waals surface area contributed by atoms with Gasteiger partial charge in [-0.2, -0.15) is 13.2 Å². The molecule has 12 heteroatoms. The lowest BCUT2D eigenvalue weighted by Crippen LogP contribution is -2.57. The van der Waals surface area contributed by atoms with Crippen LogP contribution in [0.25, 0.3) is 5.82 Å². The summed E-state index contributed by atoms with van der Waals surface area (Å²) in [6.45, 7) is 5.17. The van der Waals surface area contributed by atoms with E-state index in [1.54, 1.807) is 4.90 Å². The highest BCUT2D eigenvalue weighted by Gasteiger charge is 2.31. The number of nitrogens with zero attached hydrogens (tertiary/aromatic N) is 5. The molecule has 0 aliphatic carbocycles. The number of nitrogens with one attached hydrogen (secondary N) is 1. The molecule has 0 bridgehead atoms. The van der Waals surface area contributed by atoms with Gasteiger partial charge in [0.15, 0.2) is 11.5 Å². The Labute approximate surface area is 166 Å². The predicted molar refractivity (Wildman–Crippen MR) is 96.6 cm³/mol. The Morgan fingerprint density at radius 2 is 1.96 bits per heavy atom. The second-order valence-electron chi connectivity index (χ2n) is 5.93. The third-order valence-corrected chi connectivity index (χ3v) is 4.32. The summed E-state index contributed by atoms with van der Waals surface area (Å²) < 4.78 is 38.9. The molecule has 7 nitrogen and oxygen atoms in total. The van der Waals surface area contributed by atoms with Crippen molar-refractivity contribution < 1.29 is 18.0 Å². The Morgan fingerprint density at radius 3 is 2.56 bits per heavy atom. The highest BCUT2D eigenvalue weighted by Crippen LogP contribution is 2.28. The summed E-state index contributed by atoms with van der Waals surface area (Å²) in [6.07, 6.45) is -2.36. The number of alkyl halides is 3. The number of amides is 1. The highest BCUT2D eigenvalue weighted by atomic mass is 35.5. The van der Waals surface area contributed by atoms with Gasteiger partial charge in [0.2, 0.25) is 0 Å². The summed E-state index contributed by atoms with van der Waals surface area (Å²) in [7, 11) is 0. The van der Waals surface area contributed by atoms with Crippen LogP contribution in [-0.4, -0.2) is 56.0 Å². The quantitative estimate of drug-likeness (QED) is 0.797. The van der Waals surface area contributed by atoms with E-state index in [9.17, 15) is 18.0 Å². The first-order valence-electron chi connectivity index (χ1n) is 7.77. The van der Waals surface area contributed by atoms with Crippen LogP contribution in [0.4, 0.5) is 13.2 Å². The number of carbonyl (C=O) groups excluding carboxylic acids is 1. The van der Waals surface area contributed by atoms with Gasteiger partial charge in [-0.15, -0.1) is 29.9 Å². The van der Waals surface area contributed by atoms with Crippen LogP contribution in [0.15, 0.2) is 24.5 Å². The van der Waals surface area contributed by atoms with Crippen molar-refractivity contribution in [1.29, 1.82) is 0 Å². The number of hydrogen-bond donors (Lipinski definition) is 1. The van der Waals surface area contributed by atoms with Crippen LogP contribution in [0.3, 0.4) is 0 Å². The Hall–Kier alpha value is -1.91. The fraction of sp³-hybridized carbons (Fsp3) is 0.467. The molecule has 1 saturated heterocycles. The lowest BCUT2D eigenvalue weighted by molar-refractivity contribution is -0.137. The van der Waals surface area contributed by atoms with Gasteiger partial charge < -0.3 is 10.2 Å². The van der Waals surface area contributed by atoms with Crippen LogP contribution in [-0.2, 0) is 6.18 Å². The molecule has 150 valence electrons. The Kier molecular flexibility index (Phi) is 7.58. The molecule has 3 heterocycles. The number of carbonyl (C=O) groups is 1. The maximum atomic E-state index is 12.6. The molecule has 0 radical (unpaired) electrons. The summed E-state index contributed by atoms with van der Waals surface area (Å²) in [5.74, 6) is -0.111. The first kappa shape index (κ1) is 23.1. The molecule has 1 N–H and O–H groups in total. The van der Waals surface area contributed by atoms with Gasteiger partial charge in [-0.25, -0.2) is 9.67 Å². The molecule has 2 aromatic heterocycles. The number of hydrogen-bond acceptors (Lipinski definition) is 5. The lowest BCUT2D eigenvalue weighted by Gasteiger charge is -2.38. The van der Waals surface area contributed by atoms with Gasteiger partial charge in [0, 0.05) is 31.4 Å². The van der Waals surface area contributed by atoms with Gasteiger partial charge in [0.05, 0.1) is 11.8 Å². The van der Waals surface area contributed by atoms with E-state index in [0.29, 0.717) is 13.1 Å². The second kappa shape index (κ2) is 8.85. The van der Waals surface area contributed by atoms with Gasteiger partial charge in [-0.05, 0) is 26.0 Å². The van der Waals surface area contributed by atoms with Crippen molar-refractivity contribution in [3.05, 3.63) is 35.8 Å². The summed E-state index contributed by atoms with van der Waals surface area (Å²) in [5, 5.41) is 10.9. The number of rotatable bonds is 2. The Bertz CT molecular complexity index is 768. The average Bonchev–Trinajstić information content (AvgIpc) is 3.06. The minimum Gasteiger partial charge on any atom is -0.332 e. The van der Waals surface area contributed by atoms with Crippen LogP contribution >= 0.6 is 24.8 Å². The first-order chi connectivity index (χ1) is 11.8. The van der Waals surface area contributed by atoms with Crippen molar-refractivity contribution in [2.75, 3.05) is 13.1 Å². The van der Waals surface area contributed by atoms with Crippen LogP contribution in [0.2, 0.25) is 0 Å². The van der Waals surface area contributed by atoms with E-state index in [-0.39, 0.29) is 54.3 Å². The van der Waals surface area contributed by atoms with E-state index in [0.717, 1.165) is 12.3 Å². The zero-order valence-electron chi connectivity index (χ0n) is 14.5. The molecule has 1 amide bonds. The van der Waals surface area contributed by atoms with E-state index in [1.165, 1.54) is 16.9 Å². The third-order valence-electron chi connectivity index (χ3n) is 4.32. The fourth-order valence-corrected chi connectivity index (χ4v) is 2.65. The predicted octanol–water partition coefficient (Wildman–Crippen LogP) is 2.35. The normalized spacial score (nSPS) is 19.8. The third kappa shape index (κ3) is 4.88. The summed E-state index contributed by atoms with van der Waals surface area (Å²) in [5.41, 5.74) is -0.723. The monoisotopic (exact) mass is 426 g/mol. The maximum absolute atomic E-state index is 12.6. The zero-order chi connectivity index (χ0) is 18.2. The number of pyridine rings is 1. The Balaban J connectivity index is 0.00000182. The minimum atomic E-state index is -4.45. The molecule has 0 saturated carbocycles. The highest BCUT2D eigenvalue weighted by molar-refractivity contribution is 5.92. The van der Waals surface area contributed by atoms with Crippen molar-refractivity contribution in [2.24, 2.45) is 0 Å². The molecule has 2 atom stereocenters. The average molecular weight is 427 g/mol. The smallest absolute Gasteiger partial charge is 0.332 e. The molecular formula is C15H19Cl2F3N6O. The molecule has 3 rings (SSSR count). The van der Waals surface area contributed by atoms with Gasteiger partial charge in [-0.1, -0.05) is 5.21 Å². The summed E-state index contributed by atoms with van der Waals surface area (Å²) in [6, 6.07) is 2.24. The molecule has 0 aromatic carbocycles. The first-order valence-corrected chi connectivity index (χ1v) is 7.77. The minimum absolute atomic E-state index is 0. The van der Waals surface area contributed by atoms with Crippen LogP contribution in [0, 0.1) is 0 Å². The SMILES string of the molecule is CC1NCCN(C(=O)c2cn(-c3ccc(C(F)(F)F)cn3)nn2)C1C.Cl.Cl. The van der Waals surface area contributed by atoms with Crippen LogP contribution in [0.5, 0.6) is 0 Å². The lowest BCUT2D eigenvalue weighted by atomic mass is 10.1. The van der Waals surface area contributed by atoms with E-state index >= 15 is 0 Å². The number of piperazine rings is 1. The molecule has 1 aliphatic heterocycles. The van der Waals surface area contributed by atoms with Crippen molar-refractivity contribution in [3.8, 4) is 5.82 Å². The molecule has 1 aliphatic rings. The summed E-state index contributed by atoms with van der Waals surface area (Å²) >= 11 is 0. The van der Waals surface area contributed by atoms with Crippen molar-refractivity contribution in [3.63, 3.8) is 0 Å². The molecule has 27 heavy (non-hydrogen) atoms. The molecular weight excluding hydrogens is 408 g/mol. The summed E-state index contributed by atoms with van der Waals surface area (Å²) in [4.78, 5) is 18.0. The van der Waals surface area contributed by atoms with Crippen molar-refractivity contribution >= 4 is 30.7 Å². The topological polar surface area (TPSA) is 75.9 Å². The van der Waals surface area contributed by atoms with Gasteiger partial charge in [0.25, 0.3) is 5.91 Å². The second-order valence-corrected chi connectivity index (χ2v) is 5.93. The van der Waals surface area contributed by atoms with Gasteiger partial charge >= 0.3 is 6.18 Å². The van der Waals surface area contributed by atoms with Crippen molar-refractivity contribution in [1.82, 2.24) is 30.2 Å². The maximum Gasteiger partial charge on any atom is 0.417 e. The van der Waals surface area contributed by atoms with Crippen LogP contribution in [0.1, 0.15) is 29.9 Å². The number of halogens is 5.